The van der Waals surface area contributed by atoms with Gasteiger partial charge >= 0.3 is 0 Å². The molecular weight excluding hydrogens is 488 g/mol. The van der Waals surface area contributed by atoms with Crippen molar-refractivity contribution in [1.29, 1.82) is 0 Å². The predicted octanol–water partition coefficient (Wildman–Crippen LogP) is 3.40. The number of aromatic nitrogens is 5. The second kappa shape index (κ2) is 9.58. The fourth-order valence-corrected chi connectivity index (χ4v) is 4.97. The number of rotatable bonds is 4. The highest BCUT2D eigenvalue weighted by Gasteiger charge is 2.37. The van der Waals surface area contributed by atoms with Gasteiger partial charge in [0.15, 0.2) is 17.2 Å². The Morgan fingerprint density at radius 3 is 2.67 bits per heavy atom. The van der Waals surface area contributed by atoms with Gasteiger partial charge in [0, 0.05) is 37.1 Å². The average Bonchev–Trinajstić information content (AvgIpc) is 3.60. The van der Waals surface area contributed by atoms with Crippen molar-refractivity contribution in [2.75, 3.05) is 5.73 Å². The first kappa shape index (κ1) is 24.1. The number of nitrogens with one attached hydrogen (secondary N) is 1. The first-order valence-electron chi connectivity index (χ1n) is 12.7. The highest BCUT2D eigenvalue weighted by atomic mass is 16.1. The lowest BCUT2D eigenvalue weighted by atomic mass is 10.0. The van der Waals surface area contributed by atoms with Gasteiger partial charge in [-0.15, -0.1) is 5.10 Å². The van der Waals surface area contributed by atoms with Crippen LogP contribution in [0.25, 0.3) is 5.65 Å². The lowest BCUT2D eigenvalue weighted by molar-refractivity contribution is 0.0951. The average molecular weight is 516 g/mol. The third-order valence-electron chi connectivity index (χ3n) is 7.08. The van der Waals surface area contributed by atoms with E-state index in [1.165, 1.54) is 4.52 Å². The number of nitrogen functional groups attached to an aromatic ring is 1. The number of hydrogen-bond donors (Lipinski definition) is 2. The van der Waals surface area contributed by atoms with E-state index in [4.69, 9.17) is 5.73 Å². The van der Waals surface area contributed by atoms with Gasteiger partial charge in [-0.05, 0) is 26.0 Å². The van der Waals surface area contributed by atoms with Gasteiger partial charge in [-0.2, -0.15) is 9.67 Å². The lowest BCUT2D eigenvalue weighted by Crippen LogP contribution is -2.41. The number of nitrogens with zero attached hydrogens (tertiary/aromatic N) is 6. The van der Waals surface area contributed by atoms with Crippen LogP contribution in [0.3, 0.4) is 0 Å². The standard InChI is InChI=1S/C30H26N8O/c1-19(34-30(39)26-28(31)35-37-16-8-15-32-29(26)37)25-17-22-10-7-9-21(13-14-23-18-33-36(3)20(23)2)27(22)38(25)24-11-5-4-6-12-24/h4-12,15-16,18-19H,17H2,1-3H3,(H2-,31,34,35,39)/p+1/t19-/m1/s1. The highest BCUT2D eigenvalue weighted by molar-refractivity contribution is 6.08. The van der Waals surface area contributed by atoms with E-state index in [0.29, 0.717) is 12.1 Å². The first-order valence-corrected chi connectivity index (χ1v) is 12.7. The lowest BCUT2D eigenvalue weighted by Gasteiger charge is -2.13. The number of carbonyl (C=O) groups excluding carboxylic acids is 1. The maximum atomic E-state index is 13.4. The molecule has 3 aromatic heterocycles. The van der Waals surface area contributed by atoms with E-state index in [9.17, 15) is 4.79 Å². The molecule has 0 spiro atoms. The summed E-state index contributed by atoms with van der Waals surface area (Å²) in [4.78, 5) is 17.7. The minimum Gasteiger partial charge on any atom is -0.381 e. The van der Waals surface area contributed by atoms with E-state index in [-0.39, 0.29) is 23.3 Å². The minimum absolute atomic E-state index is 0.140. The van der Waals surface area contributed by atoms with E-state index in [2.05, 4.69) is 55.1 Å². The summed E-state index contributed by atoms with van der Waals surface area (Å²) in [5.74, 6) is 6.50. The van der Waals surface area contributed by atoms with Gasteiger partial charge in [0.1, 0.15) is 11.6 Å². The van der Waals surface area contributed by atoms with Crippen molar-refractivity contribution >= 4 is 34.5 Å². The Kier molecular flexibility index (Phi) is 5.92. The maximum Gasteiger partial charge on any atom is 0.259 e. The van der Waals surface area contributed by atoms with Crippen LogP contribution in [0.2, 0.25) is 0 Å². The zero-order valence-electron chi connectivity index (χ0n) is 21.9. The number of carbonyl (C=O) groups is 1. The minimum atomic E-state index is -0.322. The van der Waals surface area contributed by atoms with Crippen LogP contribution in [0, 0.1) is 18.8 Å². The molecule has 0 saturated carbocycles. The monoisotopic (exact) mass is 515 g/mol. The number of nitrogens with two attached hydrogens (primary N) is 1. The molecule has 1 aliphatic heterocycles. The van der Waals surface area contributed by atoms with Gasteiger partial charge in [-0.1, -0.05) is 42.2 Å². The molecule has 3 N–H and O–H groups in total. The molecule has 0 aliphatic carbocycles. The van der Waals surface area contributed by atoms with E-state index < -0.39 is 0 Å². The van der Waals surface area contributed by atoms with Crippen LogP contribution < -0.4 is 15.6 Å². The van der Waals surface area contributed by atoms with Crippen LogP contribution in [0.1, 0.15) is 39.7 Å². The van der Waals surface area contributed by atoms with Crippen molar-refractivity contribution in [3.05, 3.63) is 101 Å². The Morgan fingerprint density at radius 1 is 1.10 bits per heavy atom. The molecule has 9 nitrogen and oxygen atoms in total. The number of anilines is 1. The normalized spacial score (nSPS) is 13.2. The summed E-state index contributed by atoms with van der Waals surface area (Å²) in [5, 5.41) is 11.7. The third kappa shape index (κ3) is 4.22. The van der Waals surface area contributed by atoms with E-state index >= 15 is 0 Å². The molecule has 1 amide bonds. The van der Waals surface area contributed by atoms with Crippen molar-refractivity contribution in [1.82, 2.24) is 34.3 Å². The summed E-state index contributed by atoms with van der Waals surface area (Å²) in [5.41, 5.74) is 13.8. The van der Waals surface area contributed by atoms with Crippen LogP contribution >= 0.6 is 0 Å². The van der Waals surface area contributed by atoms with E-state index in [0.717, 1.165) is 39.5 Å². The molecule has 0 bridgehead atoms. The second-order valence-corrected chi connectivity index (χ2v) is 9.51. The zero-order valence-corrected chi connectivity index (χ0v) is 21.9. The fourth-order valence-electron chi connectivity index (χ4n) is 4.97. The molecule has 9 heteroatoms. The Labute approximate surface area is 225 Å². The fraction of sp³-hybridized carbons (Fsp3) is 0.167. The van der Waals surface area contributed by atoms with Gasteiger partial charge in [-0.3, -0.25) is 9.48 Å². The van der Waals surface area contributed by atoms with E-state index in [1.54, 1.807) is 24.7 Å². The van der Waals surface area contributed by atoms with Gasteiger partial charge < -0.3 is 11.1 Å². The van der Waals surface area contributed by atoms with Crippen molar-refractivity contribution < 1.29 is 4.79 Å². The van der Waals surface area contributed by atoms with Crippen LogP contribution in [-0.4, -0.2) is 42.0 Å². The largest absolute Gasteiger partial charge is 0.381 e. The SMILES string of the molecule is Cc1c(C#Cc2cccc3c2[N+](c2ccccc2)=C([C@@H](C)NC(=O)c2c(N)nn4cccnc24)C3)cnn1C. The van der Waals surface area contributed by atoms with Crippen molar-refractivity contribution in [2.45, 2.75) is 26.3 Å². The van der Waals surface area contributed by atoms with E-state index in [1.807, 2.05) is 55.9 Å². The van der Waals surface area contributed by atoms with Gasteiger partial charge in [0.05, 0.1) is 29.4 Å². The Morgan fingerprint density at radius 2 is 1.90 bits per heavy atom. The number of fused-ring (bicyclic) bond motifs is 2. The Hall–Kier alpha value is -5.23. The predicted molar refractivity (Wildman–Crippen MR) is 151 cm³/mol. The van der Waals surface area contributed by atoms with Crippen LogP contribution in [0.4, 0.5) is 17.2 Å². The highest BCUT2D eigenvalue weighted by Crippen LogP contribution is 2.34. The second-order valence-electron chi connectivity index (χ2n) is 9.51. The zero-order chi connectivity index (χ0) is 27.1. The van der Waals surface area contributed by atoms with Crippen LogP contribution in [0.5, 0.6) is 0 Å². The number of para-hydroxylation sites is 2. The van der Waals surface area contributed by atoms with Crippen molar-refractivity contribution in [3.8, 4) is 11.8 Å². The van der Waals surface area contributed by atoms with Crippen molar-refractivity contribution in [2.24, 2.45) is 7.05 Å². The first-order chi connectivity index (χ1) is 18.9. The number of hydrogen-bond acceptors (Lipinski definition) is 5. The smallest absolute Gasteiger partial charge is 0.259 e. The Bertz CT molecular complexity index is 1840. The topological polar surface area (TPSA) is 106 Å². The van der Waals surface area contributed by atoms with Crippen molar-refractivity contribution in [3.63, 3.8) is 0 Å². The molecule has 0 fully saturated rings. The van der Waals surface area contributed by atoms with Crippen LogP contribution in [-0.2, 0) is 13.5 Å². The molecule has 2 aromatic carbocycles. The summed E-state index contributed by atoms with van der Waals surface area (Å²) in [7, 11) is 1.91. The summed E-state index contributed by atoms with van der Waals surface area (Å²) in [6.07, 6.45) is 5.78. The summed E-state index contributed by atoms with van der Waals surface area (Å²) in [6.45, 7) is 3.99. The van der Waals surface area contributed by atoms with Gasteiger partial charge in [-0.25, -0.2) is 9.50 Å². The number of aryl methyl sites for hydroxylation is 1. The molecule has 4 heterocycles. The molecular formula is C30H27N8O+. The third-order valence-corrected chi connectivity index (χ3v) is 7.08. The molecule has 5 aromatic rings. The molecule has 39 heavy (non-hydrogen) atoms. The van der Waals surface area contributed by atoms with Crippen LogP contribution in [0.15, 0.2) is 73.2 Å². The molecule has 192 valence electrons. The molecule has 1 aliphatic rings. The Balaban J connectivity index is 1.42. The molecule has 0 saturated heterocycles. The van der Waals surface area contributed by atoms with Gasteiger partial charge in [0.25, 0.3) is 5.91 Å². The molecule has 6 rings (SSSR count). The summed E-state index contributed by atoms with van der Waals surface area (Å²) in [6, 6.07) is 17.7. The number of benzene rings is 2. The quantitative estimate of drug-likeness (QED) is 0.282. The maximum absolute atomic E-state index is 13.4. The summed E-state index contributed by atoms with van der Waals surface area (Å²) < 4.78 is 5.54. The molecule has 0 radical (unpaired) electrons. The molecule has 0 unspecified atom stereocenters. The number of amides is 1. The van der Waals surface area contributed by atoms with Gasteiger partial charge in [0.2, 0.25) is 11.4 Å². The summed E-state index contributed by atoms with van der Waals surface area (Å²) >= 11 is 0. The molecule has 1 atom stereocenters.